The molecule has 166 valence electrons. The second-order valence-electron chi connectivity index (χ2n) is 8.21. The number of anilines is 1. The van der Waals surface area contributed by atoms with Crippen molar-refractivity contribution in [2.24, 2.45) is 0 Å². The molecule has 1 atom stereocenters. The highest BCUT2D eigenvalue weighted by molar-refractivity contribution is 5.85. The van der Waals surface area contributed by atoms with E-state index in [9.17, 15) is 4.79 Å². The number of pyridine rings is 1. The zero-order chi connectivity index (χ0) is 22.1. The number of aromatic nitrogens is 5. The molecule has 1 saturated heterocycles. The largest absolute Gasteiger partial charge is 0.379 e. The number of imidazole rings is 1. The quantitative estimate of drug-likeness (QED) is 0.482. The Morgan fingerprint density at radius 1 is 1.19 bits per heavy atom. The second kappa shape index (κ2) is 8.68. The maximum atomic E-state index is 13.6. The van der Waals surface area contributed by atoms with Gasteiger partial charge in [0.2, 0.25) is 0 Å². The first-order valence-electron chi connectivity index (χ1n) is 11.0. The lowest BCUT2D eigenvalue weighted by molar-refractivity contribution is 0.0362. The molecule has 5 rings (SSSR count). The molecule has 2 N–H and O–H groups in total. The number of fused-ring (bicyclic) bond motifs is 2. The zero-order valence-electron chi connectivity index (χ0n) is 18.3. The summed E-state index contributed by atoms with van der Waals surface area (Å²) in [7, 11) is 0. The molecule has 4 aromatic rings. The lowest BCUT2D eigenvalue weighted by atomic mass is 10.0. The first-order chi connectivity index (χ1) is 15.6. The van der Waals surface area contributed by atoms with Crippen LogP contribution in [-0.4, -0.2) is 62.3 Å². The summed E-state index contributed by atoms with van der Waals surface area (Å²) in [6, 6.07) is 7.94. The van der Waals surface area contributed by atoms with Gasteiger partial charge in [-0.25, -0.2) is 15.0 Å². The minimum Gasteiger partial charge on any atom is -0.379 e. The van der Waals surface area contributed by atoms with Gasteiger partial charge in [-0.15, -0.1) is 0 Å². The summed E-state index contributed by atoms with van der Waals surface area (Å²) in [6.07, 6.45) is 3.11. The Hall–Kier alpha value is -3.30. The molecule has 0 saturated carbocycles. The lowest BCUT2D eigenvalue weighted by Gasteiger charge is -2.28. The van der Waals surface area contributed by atoms with Gasteiger partial charge in [0, 0.05) is 31.9 Å². The van der Waals surface area contributed by atoms with Crippen LogP contribution in [0.2, 0.25) is 0 Å². The van der Waals surface area contributed by atoms with Crippen molar-refractivity contribution in [2.45, 2.75) is 26.4 Å². The summed E-state index contributed by atoms with van der Waals surface area (Å²) >= 11 is 0. The Kier molecular flexibility index (Phi) is 5.59. The van der Waals surface area contributed by atoms with Crippen LogP contribution in [0, 0.1) is 6.92 Å². The molecule has 9 heteroatoms. The van der Waals surface area contributed by atoms with Crippen LogP contribution < -0.4 is 10.9 Å². The van der Waals surface area contributed by atoms with Gasteiger partial charge in [-0.3, -0.25) is 9.69 Å². The Labute approximate surface area is 185 Å². The van der Waals surface area contributed by atoms with Crippen LogP contribution in [0.3, 0.4) is 0 Å². The topological polar surface area (TPSA) is 101 Å². The third-order valence-electron chi connectivity index (χ3n) is 6.14. The smallest absolute Gasteiger partial charge is 0.259 e. The predicted octanol–water partition coefficient (Wildman–Crippen LogP) is 2.48. The predicted molar refractivity (Wildman–Crippen MR) is 124 cm³/mol. The highest BCUT2D eigenvalue weighted by Crippen LogP contribution is 2.24. The fraction of sp³-hybridized carbons (Fsp3) is 0.391. The van der Waals surface area contributed by atoms with E-state index in [0.29, 0.717) is 23.5 Å². The van der Waals surface area contributed by atoms with E-state index >= 15 is 0 Å². The Bertz CT molecular complexity index is 1310. The highest BCUT2D eigenvalue weighted by atomic mass is 16.5. The highest BCUT2D eigenvalue weighted by Gasteiger charge is 2.19. The molecule has 1 unspecified atom stereocenters. The molecular weight excluding hydrogens is 406 g/mol. The standard InChI is InChI=1S/C23H27N7O2/c1-15-4-3-5-17-12-18(16(2)28-22-20-21(25-13-24-20)26-14-27-22)30(23(31)19(15)17)7-6-29-8-10-32-11-9-29/h3-5,12-14,16H,6-11H2,1-2H3,(H2,24,25,26,27,28). The van der Waals surface area contributed by atoms with Gasteiger partial charge in [0.1, 0.15) is 11.8 Å². The number of nitrogens with one attached hydrogen (secondary N) is 2. The van der Waals surface area contributed by atoms with Gasteiger partial charge >= 0.3 is 0 Å². The number of hydrogen-bond acceptors (Lipinski definition) is 7. The number of H-pyrrole nitrogens is 1. The van der Waals surface area contributed by atoms with E-state index in [1.165, 1.54) is 6.33 Å². The van der Waals surface area contributed by atoms with Crippen molar-refractivity contribution in [3.8, 4) is 0 Å². The SMILES string of the molecule is Cc1cccc2cc(C(C)Nc3ncnc4[nH]cnc34)n(CCN3CCOCC3)c(=O)c12. The van der Waals surface area contributed by atoms with Crippen molar-refractivity contribution in [3.63, 3.8) is 0 Å². The monoisotopic (exact) mass is 433 g/mol. The van der Waals surface area contributed by atoms with Gasteiger partial charge in [-0.1, -0.05) is 18.2 Å². The van der Waals surface area contributed by atoms with Gasteiger partial charge in [0.15, 0.2) is 11.5 Å². The summed E-state index contributed by atoms with van der Waals surface area (Å²) in [5.74, 6) is 0.639. The number of aromatic amines is 1. The summed E-state index contributed by atoms with van der Waals surface area (Å²) in [6.45, 7) is 8.72. The van der Waals surface area contributed by atoms with Gasteiger partial charge in [0.25, 0.3) is 5.56 Å². The first-order valence-corrected chi connectivity index (χ1v) is 11.0. The molecular formula is C23H27N7O2. The first kappa shape index (κ1) is 20.6. The number of ether oxygens (including phenoxy) is 1. The van der Waals surface area contributed by atoms with Gasteiger partial charge in [0.05, 0.1) is 31.0 Å². The third-order valence-corrected chi connectivity index (χ3v) is 6.14. The molecule has 9 nitrogen and oxygen atoms in total. The number of morpholine rings is 1. The Morgan fingerprint density at radius 2 is 2.03 bits per heavy atom. The molecule has 1 fully saturated rings. The fourth-order valence-corrected chi connectivity index (χ4v) is 4.40. The maximum absolute atomic E-state index is 13.6. The molecule has 0 aliphatic carbocycles. The van der Waals surface area contributed by atoms with E-state index in [4.69, 9.17) is 4.74 Å². The second-order valence-corrected chi connectivity index (χ2v) is 8.21. The molecule has 0 radical (unpaired) electrons. The van der Waals surface area contributed by atoms with Crippen molar-refractivity contribution in [1.29, 1.82) is 0 Å². The number of aryl methyl sites for hydroxylation is 1. The number of rotatable bonds is 6. The van der Waals surface area contributed by atoms with E-state index in [2.05, 4.69) is 36.2 Å². The minimum atomic E-state index is -0.160. The molecule has 1 aromatic carbocycles. The number of hydrogen-bond donors (Lipinski definition) is 2. The van der Waals surface area contributed by atoms with Crippen LogP contribution in [0.15, 0.2) is 41.7 Å². The Morgan fingerprint density at radius 3 is 2.88 bits per heavy atom. The van der Waals surface area contributed by atoms with Crippen LogP contribution in [0.5, 0.6) is 0 Å². The summed E-state index contributed by atoms with van der Waals surface area (Å²) in [5.41, 5.74) is 3.31. The van der Waals surface area contributed by atoms with Gasteiger partial charge < -0.3 is 19.6 Å². The molecule has 3 aromatic heterocycles. The van der Waals surface area contributed by atoms with Crippen molar-refractivity contribution in [3.05, 3.63) is 58.5 Å². The number of benzene rings is 1. The maximum Gasteiger partial charge on any atom is 0.259 e. The van der Waals surface area contributed by atoms with E-state index in [0.717, 1.165) is 54.9 Å². The van der Waals surface area contributed by atoms with Crippen LogP contribution in [-0.2, 0) is 11.3 Å². The normalized spacial score (nSPS) is 15.9. The fourth-order valence-electron chi connectivity index (χ4n) is 4.40. The Balaban J connectivity index is 1.53. The van der Waals surface area contributed by atoms with Gasteiger partial charge in [-0.05, 0) is 30.9 Å². The van der Waals surface area contributed by atoms with E-state index in [-0.39, 0.29) is 11.6 Å². The molecule has 1 aliphatic heterocycles. The average molecular weight is 434 g/mol. The van der Waals surface area contributed by atoms with Crippen molar-refractivity contribution < 1.29 is 4.74 Å². The molecule has 32 heavy (non-hydrogen) atoms. The van der Waals surface area contributed by atoms with E-state index < -0.39 is 0 Å². The summed E-state index contributed by atoms with van der Waals surface area (Å²) in [4.78, 5) is 31.9. The molecule has 0 spiro atoms. The summed E-state index contributed by atoms with van der Waals surface area (Å²) in [5, 5.41) is 5.18. The van der Waals surface area contributed by atoms with Gasteiger partial charge in [-0.2, -0.15) is 0 Å². The average Bonchev–Trinajstić information content (AvgIpc) is 3.29. The van der Waals surface area contributed by atoms with E-state index in [1.807, 2.05) is 36.6 Å². The molecule has 4 heterocycles. The minimum absolute atomic E-state index is 0.0464. The van der Waals surface area contributed by atoms with Crippen LogP contribution in [0.1, 0.15) is 24.2 Å². The lowest BCUT2D eigenvalue weighted by Crippen LogP contribution is -2.40. The van der Waals surface area contributed by atoms with Crippen LogP contribution in [0.25, 0.3) is 21.9 Å². The third kappa shape index (κ3) is 3.85. The van der Waals surface area contributed by atoms with Crippen molar-refractivity contribution >= 4 is 27.8 Å². The van der Waals surface area contributed by atoms with Crippen molar-refractivity contribution in [1.82, 2.24) is 29.4 Å². The number of nitrogens with zero attached hydrogens (tertiary/aromatic N) is 5. The van der Waals surface area contributed by atoms with E-state index in [1.54, 1.807) is 6.33 Å². The van der Waals surface area contributed by atoms with Crippen molar-refractivity contribution in [2.75, 3.05) is 38.2 Å². The zero-order valence-corrected chi connectivity index (χ0v) is 18.3. The molecule has 0 amide bonds. The molecule has 1 aliphatic rings. The van der Waals surface area contributed by atoms with Crippen LogP contribution in [0.4, 0.5) is 5.82 Å². The molecule has 0 bridgehead atoms. The summed E-state index contributed by atoms with van der Waals surface area (Å²) < 4.78 is 7.37. The van der Waals surface area contributed by atoms with Crippen LogP contribution >= 0.6 is 0 Å².